The molecular formula is C18H21N3O3S. The van der Waals surface area contributed by atoms with Crippen LogP contribution in [0.25, 0.3) is 11.0 Å². The van der Waals surface area contributed by atoms with E-state index in [0.29, 0.717) is 11.8 Å². The van der Waals surface area contributed by atoms with Crippen molar-refractivity contribution >= 4 is 21.8 Å². The number of rotatable bonds is 6. The molecular weight excluding hydrogens is 338 g/mol. The summed E-state index contributed by atoms with van der Waals surface area (Å²) in [6.45, 7) is 6.21. The highest BCUT2D eigenvalue weighted by Crippen LogP contribution is 2.26. The van der Waals surface area contributed by atoms with Crippen molar-refractivity contribution in [2.45, 2.75) is 31.7 Å². The molecule has 1 aromatic carbocycles. The minimum Gasteiger partial charge on any atom is -0.496 e. The number of aromatic nitrogens is 3. The molecule has 0 saturated heterocycles. The van der Waals surface area contributed by atoms with Crippen LogP contribution < -0.4 is 9.57 Å². The third-order valence-electron chi connectivity index (χ3n) is 3.97. The van der Waals surface area contributed by atoms with Gasteiger partial charge in [-0.25, -0.2) is 4.98 Å². The quantitative estimate of drug-likeness (QED) is 0.677. The van der Waals surface area contributed by atoms with E-state index in [-0.39, 0.29) is 5.75 Å². The Morgan fingerprint density at radius 2 is 2.00 bits per heavy atom. The highest BCUT2D eigenvalue weighted by atomic mass is 32.2. The van der Waals surface area contributed by atoms with Crippen LogP contribution >= 0.6 is 0 Å². The van der Waals surface area contributed by atoms with Gasteiger partial charge in [0.25, 0.3) is 0 Å². The van der Waals surface area contributed by atoms with Gasteiger partial charge in [0.2, 0.25) is 5.16 Å². The van der Waals surface area contributed by atoms with Crippen molar-refractivity contribution in [1.82, 2.24) is 14.7 Å². The Balaban J connectivity index is 1.99. The molecule has 6 nitrogen and oxygen atoms in total. The first-order valence-corrected chi connectivity index (χ1v) is 9.36. The molecule has 132 valence electrons. The molecule has 0 fully saturated rings. The number of pyridine rings is 1. The van der Waals surface area contributed by atoms with Crippen LogP contribution in [-0.2, 0) is 16.6 Å². The number of benzene rings is 1. The zero-order valence-electron chi connectivity index (χ0n) is 14.8. The maximum atomic E-state index is 13.0. The molecule has 0 aliphatic carbocycles. The van der Waals surface area contributed by atoms with E-state index in [9.17, 15) is 4.21 Å². The van der Waals surface area contributed by atoms with Crippen LogP contribution in [0.2, 0.25) is 0 Å². The van der Waals surface area contributed by atoms with Gasteiger partial charge in [-0.3, -0.25) is 9.19 Å². The monoisotopic (exact) mass is 359 g/mol. The van der Waals surface area contributed by atoms with Gasteiger partial charge in [0.1, 0.15) is 17.9 Å². The maximum absolute atomic E-state index is 13.0. The van der Waals surface area contributed by atoms with Crippen LogP contribution in [0.15, 0.2) is 35.6 Å². The Bertz CT molecular complexity index is 937. The molecule has 0 radical (unpaired) electrons. The first kappa shape index (κ1) is 17.4. The summed E-state index contributed by atoms with van der Waals surface area (Å²) in [4.78, 5) is 14.6. The molecule has 3 aromatic rings. The summed E-state index contributed by atoms with van der Waals surface area (Å²) in [6, 6.07) is 7.58. The van der Waals surface area contributed by atoms with Gasteiger partial charge in [-0.05, 0) is 32.9 Å². The summed E-state index contributed by atoms with van der Waals surface area (Å²) in [5.41, 5.74) is 4.14. The minimum atomic E-state index is -1.40. The molecule has 25 heavy (non-hydrogen) atoms. The van der Waals surface area contributed by atoms with E-state index in [1.165, 1.54) is 0 Å². The lowest BCUT2D eigenvalue weighted by molar-refractivity contribution is 0.110. The minimum absolute atomic E-state index is 0.249. The van der Waals surface area contributed by atoms with Crippen molar-refractivity contribution in [1.29, 1.82) is 0 Å². The summed E-state index contributed by atoms with van der Waals surface area (Å²) in [5.74, 6) is 1.03. The summed E-state index contributed by atoms with van der Waals surface area (Å²) in [5, 5.41) is 0.392. The van der Waals surface area contributed by atoms with Crippen molar-refractivity contribution in [3.8, 4) is 5.75 Å². The zero-order valence-corrected chi connectivity index (χ0v) is 15.6. The highest BCUT2D eigenvalue weighted by molar-refractivity contribution is 7.84. The van der Waals surface area contributed by atoms with E-state index in [1.807, 2.05) is 45.0 Å². The second-order valence-corrected chi connectivity index (χ2v) is 6.98. The van der Waals surface area contributed by atoms with Crippen LogP contribution in [0.1, 0.15) is 23.7 Å². The number of para-hydroxylation sites is 2. The molecule has 0 spiro atoms. The predicted octanol–water partition coefficient (Wildman–Crippen LogP) is 2.81. The lowest BCUT2D eigenvalue weighted by Crippen LogP contribution is -2.16. The lowest BCUT2D eigenvalue weighted by atomic mass is 10.1. The standard InChI is InChI=1S/C18H21N3O3S/c1-5-24-21-16-9-7-6-8-14(16)20-18(21)25(22)11-15-13(3)17(23-4)12(2)10-19-15/h6-10H,5,11H2,1-4H3. The molecule has 1 unspecified atom stereocenters. The Morgan fingerprint density at radius 3 is 2.72 bits per heavy atom. The van der Waals surface area contributed by atoms with E-state index in [4.69, 9.17) is 9.57 Å². The summed E-state index contributed by atoms with van der Waals surface area (Å²) >= 11 is 0. The second kappa shape index (κ2) is 7.23. The van der Waals surface area contributed by atoms with Crippen molar-refractivity contribution in [2.75, 3.05) is 13.7 Å². The third-order valence-corrected chi connectivity index (χ3v) is 5.17. The van der Waals surface area contributed by atoms with E-state index in [1.54, 1.807) is 18.0 Å². The van der Waals surface area contributed by atoms with Gasteiger partial charge in [0.05, 0.1) is 34.9 Å². The van der Waals surface area contributed by atoms with Gasteiger partial charge >= 0.3 is 0 Å². The number of fused-ring (bicyclic) bond motifs is 1. The fourth-order valence-corrected chi connectivity index (χ4v) is 3.99. The van der Waals surface area contributed by atoms with E-state index in [0.717, 1.165) is 33.6 Å². The molecule has 2 aromatic heterocycles. The lowest BCUT2D eigenvalue weighted by Gasteiger charge is -2.12. The molecule has 0 amide bonds. The van der Waals surface area contributed by atoms with Gasteiger partial charge in [-0.1, -0.05) is 12.1 Å². The summed E-state index contributed by atoms with van der Waals surface area (Å²) < 4.78 is 20.0. The van der Waals surface area contributed by atoms with E-state index < -0.39 is 10.8 Å². The molecule has 0 N–H and O–H groups in total. The average Bonchev–Trinajstić information content (AvgIpc) is 2.97. The SMILES string of the molecule is CCOn1c(S(=O)Cc2ncc(C)c(OC)c2C)nc2ccccc21. The first-order chi connectivity index (χ1) is 12.1. The third kappa shape index (κ3) is 3.24. The number of nitrogens with zero attached hydrogens (tertiary/aromatic N) is 3. The summed E-state index contributed by atoms with van der Waals surface area (Å²) in [6.07, 6.45) is 1.74. The molecule has 0 aliphatic rings. The number of ether oxygens (including phenoxy) is 1. The number of aryl methyl sites for hydroxylation is 1. The first-order valence-electron chi connectivity index (χ1n) is 8.05. The van der Waals surface area contributed by atoms with Crippen molar-refractivity contribution in [3.05, 3.63) is 47.3 Å². The van der Waals surface area contributed by atoms with Gasteiger partial charge < -0.3 is 9.57 Å². The van der Waals surface area contributed by atoms with Gasteiger partial charge in [-0.15, -0.1) is 0 Å². The zero-order chi connectivity index (χ0) is 18.0. The molecule has 7 heteroatoms. The Labute approximate surface area is 149 Å². The Hall–Kier alpha value is -2.41. The molecule has 2 heterocycles. The van der Waals surface area contributed by atoms with Crippen LogP contribution in [-0.4, -0.2) is 32.6 Å². The molecule has 0 saturated carbocycles. The largest absolute Gasteiger partial charge is 0.496 e. The van der Waals surface area contributed by atoms with E-state index >= 15 is 0 Å². The van der Waals surface area contributed by atoms with Crippen LogP contribution in [0, 0.1) is 13.8 Å². The Morgan fingerprint density at radius 1 is 1.24 bits per heavy atom. The van der Waals surface area contributed by atoms with Gasteiger partial charge in [0.15, 0.2) is 0 Å². The summed E-state index contributed by atoms with van der Waals surface area (Å²) in [7, 11) is 0.231. The number of imidazole rings is 1. The predicted molar refractivity (Wildman–Crippen MR) is 97.2 cm³/mol. The smallest absolute Gasteiger partial charge is 0.234 e. The van der Waals surface area contributed by atoms with Crippen LogP contribution in [0.3, 0.4) is 0 Å². The molecule has 3 rings (SSSR count). The molecule has 0 bridgehead atoms. The Kier molecular flexibility index (Phi) is 5.03. The maximum Gasteiger partial charge on any atom is 0.234 e. The van der Waals surface area contributed by atoms with Gasteiger partial charge in [-0.2, -0.15) is 4.73 Å². The highest BCUT2D eigenvalue weighted by Gasteiger charge is 2.20. The topological polar surface area (TPSA) is 66.2 Å². The molecule has 0 aliphatic heterocycles. The van der Waals surface area contributed by atoms with Gasteiger partial charge in [0, 0.05) is 17.3 Å². The fourth-order valence-electron chi connectivity index (χ4n) is 2.78. The fraction of sp³-hybridized carbons (Fsp3) is 0.333. The molecule has 1 atom stereocenters. The van der Waals surface area contributed by atoms with Crippen molar-refractivity contribution < 1.29 is 13.8 Å². The number of methoxy groups -OCH3 is 1. The van der Waals surface area contributed by atoms with Crippen LogP contribution in [0.4, 0.5) is 0 Å². The van der Waals surface area contributed by atoms with E-state index in [2.05, 4.69) is 9.97 Å². The van der Waals surface area contributed by atoms with Crippen molar-refractivity contribution in [3.63, 3.8) is 0 Å². The normalized spacial score (nSPS) is 12.3. The second-order valence-electron chi connectivity index (χ2n) is 5.63. The number of hydrogen-bond acceptors (Lipinski definition) is 5. The average molecular weight is 359 g/mol. The number of hydrogen-bond donors (Lipinski definition) is 0. The van der Waals surface area contributed by atoms with Crippen LogP contribution in [0.5, 0.6) is 5.75 Å². The van der Waals surface area contributed by atoms with Crippen molar-refractivity contribution in [2.24, 2.45) is 0 Å².